The van der Waals surface area contributed by atoms with Crippen LogP contribution >= 0.6 is 0 Å². The molecular formula is C47H56Cl2Hf-2. The summed E-state index contributed by atoms with van der Waals surface area (Å²) in [7, 11) is 0. The largest absolute Gasteiger partial charge is 1.00 e. The maximum absolute atomic E-state index is 3.53. The van der Waals surface area contributed by atoms with E-state index < -0.39 is 0 Å². The Labute approximate surface area is 331 Å². The molecule has 6 rings (SSSR count). The monoisotopic (exact) mass is 870 g/mol. The molecule has 0 aliphatic heterocycles. The first-order chi connectivity index (χ1) is 22.9. The van der Waals surface area contributed by atoms with Gasteiger partial charge in [0.05, 0.1) is 0 Å². The summed E-state index contributed by atoms with van der Waals surface area (Å²) in [5.41, 5.74) is 14.5. The molecule has 0 fully saturated rings. The summed E-state index contributed by atoms with van der Waals surface area (Å²) in [6.07, 6.45) is 8.55. The quantitative estimate of drug-likeness (QED) is 0.120. The van der Waals surface area contributed by atoms with Crippen LogP contribution in [0.25, 0.3) is 11.1 Å². The summed E-state index contributed by atoms with van der Waals surface area (Å²) >= 11 is 1.08. The van der Waals surface area contributed by atoms with Crippen molar-refractivity contribution in [3.63, 3.8) is 0 Å². The van der Waals surface area contributed by atoms with Crippen LogP contribution in [0.3, 0.4) is 0 Å². The van der Waals surface area contributed by atoms with Gasteiger partial charge < -0.3 is 24.8 Å². The number of rotatable bonds is 8. The second-order valence-electron chi connectivity index (χ2n) is 15.3. The predicted molar refractivity (Wildman–Crippen MR) is 206 cm³/mol. The number of fused-ring (bicyclic) bond motifs is 3. The fraction of sp³-hybridized carbons (Fsp3) is 0.362. The van der Waals surface area contributed by atoms with E-state index in [9.17, 15) is 0 Å². The van der Waals surface area contributed by atoms with E-state index in [1.54, 1.807) is 0 Å². The average molecular weight is 870 g/mol. The van der Waals surface area contributed by atoms with Crippen LogP contribution in [0.1, 0.15) is 126 Å². The first-order valence-corrected chi connectivity index (χ1v) is 19.8. The van der Waals surface area contributed by atoms with Crippen LogP contribution in [0.15, 0.2) is 109 Å². The van der Waals surface area contributed by atoms with Crippen LogP contribution in [0.4, 0.5) is 0 Å². The maximum Gasteiger partial charge on any atom is -0.172 e. The molecular weight excluding hydrogens is 814 g/mol. The maximum atomic E-state index is 3.53. The molecule has 0 saturated heterocycles. The number of aryl methyl sites for hydroxylation is 2. The second kappa shape index (κ2) is 20.6. The van der Waals surface area contributed by atoms with Gasteiger partial charge in [-0.25, -0.2) is 12.1 Å². The van der Waals surface area contributed by atoms with Crippen molar-refractivity contribution in [1.82, 2.24) is 0 Å². The third-order valence-corrected chi connectivity index (χ3v) is 11.3. The minimum atomic E-state index is 0. The zero-order chi connectivity index (χ0) is 34.7. The van der Waals surface area contributed by atoms with Crippen LogP contribution in [-0.4, -0.2) is 3.26 Å². The molecule has 0 radical (unpaired) electrons. The fourth-order valence-corrected chi connectivity index (χ4v) is 7.11. The Morgan fingerprint density at radius 3 is 1.56 bits per heavy atom. The summed E-state index contributed by atoms with van der Waals surface area (Å²) in [6, 6.07) is 43.5. The van der Waals surface area contributed by atoms with Crippen LogP contribution in [0.2, 0.25) is 0 Å². The van der Waals surface area contributed by atoms with E-state index >= 15 is 0 Å². The van der Waals surface area contributed by atoms with Crippen molar-refractivity contribution in [3.05, 3.63) is 160 Å². The zero-order valence-corrected chi connectivity index (χ0v) is 36.7. The predicted octanol–water partition coefficient (Wildman–Crippen LogP) is 6.55. The SMILES string of the molecule is CC(C)(C)c1c[c-]c2c(c1)-c1cc(C(C)(C)C)ccc1C2.CCCCc1ccc([C](=[Hf+2])c2ccc(CCCC)cc2)cc1.[Cl-].[Cl-].c1cc[cH-]c1. The molecule has 0 amide bonds. The van der Waals surface area contributed by atoms with Crippen molar-refractivity contribution in [2.75, 3.05) is 0 Å². The molecule has 5 aromatic carbocycles. The molecule has 0 N–H and O–H groups in total. The van der Waals surface area contributed by atoms with Crippen LogP contribution in [-0.2, 0) is 54.0 Å². The summed E-state index contributed by atoms with van der Waals surface area (Å²) in [5, 5.41) is 0. The van der Waals surface area contributed by atoms with Crippen LogP contribution < -0.4 is 24.8 Å². The third-order valence-electron chi connectivity index (χ3n) is 9.20. The van der Waals surface area contributed by atoms with Gasteiger partial charge in [0.25, 0.3) is 0 Å². The number of benzene rings is 4. The second-order valence-corrected chi connectivity index (χ2v) is 17.1. The molecule has 264 valence electrons. The Morgan fingerprint density at radius 2 is 1.14 bits per heavy atom. The van der Waals surface area contributed by atoms with E-state index in [4.69, 9.17) is 0 Å². The first kappa shape index (κ1) is 43.7. The van der Waals surface area contributed by atoms with Crippen molar-refractivity contribution >= 4 is 3.26 Å². The van der Waals surface area contributed by atoms with E-state index in [0.29, 0.717) is 0 Å². The van der Waals surface area contributed by atoms with Gasteiger partial charge in [0.2, 0.25) is 0 Å². The van der Waals surface area contributed by atoms with Crippen molar-refractivity contribution < 1.29 is 48.7 Å². The van der Waals surface area contributed by atoms with E-state index in [2.05, 4.69) is 140 Å². The summed E-state index contributed by atoms with van der Waals surface area (Å²) in [4.78, 5) is 0. The summed E-state index contributed by atoms with van der Waals surface area (Å²) in [6.45, 7) is 18.1. The van der Waals surface area contributed by atoms with Gasteiger partial charge in [0, 0.05) is 0 Å². The van der Waals surface area contributed by atoms with Gasteiger partial charge in [-0.1, -0.05) is 76.3 Å². The van der Waals surface area contributed by atoms with Gasteiger partial charge in [-0.2, -0.15) is 47.5 Å². The van der Waals surface area contributed by atoms with Gasteiger partial charge in [0.15, 0.2) is 0 Å². The van der Waals surface area contributed by atoms with E-state index in [1.165, 1.54) is 97.4 Å². The molecule has 3 heteroatoms. The molecule has 0 atom stereocenters. The Kier molecular flexibility index (Phi) is 18.0. The number of hydrogen-bond donors (Lipinski definition) is 0. The summed E-state index contributed by atoms with van der Waals surface area (Å²) < 4.78 is 1.50. The van der Waals surface area contributed by atoms with Crippen molar-refractivity contribution in [3.8, 4) is 11.1 Å². The first-order valence-electron chi connectivity index (χ1n) is 18.0. The molecule has 0 unspecified atom stereocenters. The van der Waals surface area contributed by atoms with E-state index in [-0.39, 0.29) is 35.6 Å². The molecule has 1 aliphatic carbocycles. The van der Waals surface area contributed by atoms with Gasteiger partial charge >= 0.3 is 150 Å². The standard InChI is InChI=1S/C21H25.C21H26.C5H5.2ClH.Hf/c1-20(2,3)16-9-7-14-11-15-8-10-17(21(4,5)6)13-19(15)18(14)12-16;1-3-5-7-18-9-13-20(14-10-18)17-21-15-11-19(12-16-21)8-6-4-2;1-2-4-5-3-1;;;/h7,9-10,12-13H,11H2,1-6H3;9-16H,3-8H2,1-2H3;1-5H;2*1H;/q-1;;-1;;;+2/p-2. The zero-order valence-electron chi connectivity index (χ0n) is 31.6. The number of hydrogen-bond acceptors (Lipinski definition) is 0. The average Bonchev–Trinajstić information content (AvgIpc) is 3.78. The molecule has 0 saturated carbocycles. The smallest absolute Gasteiger partial charge is 0.172 e. The van der Waals surface area contributed by atoms with Crippen LogP contribution in [0, 0.1) is 6.07 Å². The topological polar surface area (TPSA) is 0 Å². The normalized spacial score (nSPS) is 11.4. The molecule has 0 nitrogen and oxygen atoms in total. The molecule has 0 aromatic heterocycles. The van der Waals surface area contributed by atoms with Gasteiger partial charge in [0.1, 0.15) is 0 Å². The van der Waals surface area contributed by atoms with E-state index in [0.717, 1.165) is 30.3 Å². The Morgan fingerprint density at radius 1 is 0.660 bits per heavy atom. The number of halogens is 2. The summed E-state index contributed by atoms with van der Waals surface area (Å²) in [5.74, 6) is 0. The molecule has 0 spiro atoms. The van der Waals surface area contributed by atoms with Crippen molar-refractivity contribution in [2.24, 2.45) is 0 Å². The van der Waals surface area contributed by atoms with Crippen LogP contribution in [0.5, 0.6) is 0 Å². The van der Waals surface area contributed by atoms with Crippen molar-refractivity contribution in [1.29, 1.82) is 0 Å². The fourth-order valence-electron chi connectivity index (χ4n) is 5.91. The minimum Gasteiger partial charge on any atom is -1.00 e. The molecule has 5 aromatic rings. The number of unbranched alkanes of at least 4 members (excludes halogenated alkanes) is 2. The Balaban J connectivity index is 0.000000293. The van der Waals surface area contributed by atoms with Crippen molar-refractivity contribution in [2.45, 2.75) is 111 Å². The molecule has 50 heavy (non-hydrogen) atoms. The third kappa shape index (κ3) is 12.6. The molecule has 0 bridgehead atoms. The van der Waals surface area contributed by atoms with Gasteiger partial charge in [-0.3, -0.25) is 0 Å². The Bertz CT molecular complexity index is 1580. The molecule has 0 heterocycles. The Hall–Kier alpha value is -2.45. The van der Waals surface area contributed by atoms with Gasteiger partial charge in [-0.15, -0.1) is 5.56 Å². The molecule has 1 aliphatic rings. The van der Waals surface area contributed by atoms with Gasteiger partial charge in [-0.05, 0) is 17.4 Å². The van der Waals surface area contributed by atoms with E-state index in [1.807, 2.05) is 30.3 Å². The minimum absolute atomic E-state index is 0.